The maximum Gasteiger partial charge on any atom is 0.272 e. The van der Waals surface area contributed by atoms with E-state index < -0.39 is 20.9 Å². The number of nitro groups is 1. The quantitative estimate of drug-likeness (QED) is 0.429. The zero-order valence-corrected chi connectivity index (χ0v) is 17.3. The lowest BCUT2D eigenvalue weighted by molar-refractivity contribution is -0.384. The van der Waals surface area contributed by atoms with Crippen molar-refractivity contribution >= 4 is 27.3 Å². The third kappa shape index (κ3) is 4.23. The molecular weight excluding hydrogens is 404 g/mol. The second-order valence-corrected chi connectivity index (χ2v) is 8.50. The second-order valence-electron chi connectivity index (χ2n) is 6.72. The summed E-state index contributed by atoms with van der Waals surface area (Å²) in [5, 5.41) is 11.1. The SMILES string of the molecule is CCc1ccc(N(C(=O)c2cccc([N+](=O)[O-])c2)S(=O)(=O)c2ccc(C)cc2)cc1. The average molecular weight is 424 g/mol. The van der Waals surface area contributed by atoms with E-state index in [2.05, 4.69) is 0 Å². The summed E-state index contributed by atoms with van der Waals surface area (Å²) in [6, 6.07) is 17.8. The molecule has 7 nitrogen and oxygen atoms in total. The normalized spacial score (nSPS) is 11.1. The number of nitro benzene ring substituents is 1. The first-order valence-corrected chi connectivity index (χ1v) is 10.7. The molecule has 0 atom stereocenters. The van der Waals surface area contributed by atoms with Gasteiger partial charge >= 0.3 is 0 Å². The molecule has 0 unspecified atom stereocenters. The molecule has 0 radical (unpaired) electrons. The minimum atomic E-state index is -4.26. The summed E-state index contributed by atoms with van der Waals surface area (Å²) in [4.78, 5) is 23.7. The standard InChI is InChI=1S/C22H20N2O5S/c1-3-17-9-11-19(12-10-17)23(30(28,29)21-13-7-16(2)8-14-21)22(25)18-5-4-6-20(15-18)24(26)27/h4-15H,3H2,1-2H3. The summed E-state index contributed by atoms with van der Waals surface area (Å²) >= 11 is 0. The van der Waals surface area contributed by atoms with Crippen molar-refractivity contribution in [3.8, 4) is 0 Å². The fourth-order valence-electron chi connectivity index (χ4n) is 2.92. The molecule has 0 N–H and O–H groups in total. The maximum absolute atomic E-state index is 13.4. The fourth-order valence-corrected chi connectivity index (χ4v) is 4.33. The Morgan fingerprint density at radius 2 is 1.63 bits per heavy atom. The molecular formula is C22H20N2O5S. The molecule has 3 aromatic rings. The van der Waals surface area contributed by atoms with Crippen LogP contribution >= 0.6 is 0 Å². The van der Waals surface area contributed by atoms with E-state index in [1.54, 1.807) is 36.4 Å². The van der Waals surface area contributed by atoms with Crippen LogP contribution in [0.3, 0.4) is 0 Å². The number of carbonyl (C=O) groups is 1. The molecule has 0 saturated carbocycles. The third-order valence-corrected chi connectivity index (χ3v) is 6.35. The number of hydrogen-bond donors (Lipinski definition) is 0. The van der Waals surface area contributed by atoms with Crippen molar-refractivity contribution in [2.75, 3.05) is 4.31 Å². The van der Waals surface area contributed by atoms with Crippen LogP contribution in [0.4, 0.5) is 11.4 Å². The van der Waals surface area contributed by atoms with Crippen molar-refractivity contribution in [1.29, 1.82) is 0 Å². The molecule has 30 heavy (non-hydrogen) atoms. The van der Waals surface area contributed by atoms with Crippen LogP contribution in [0.5, 0.6) is 0 Å². The zero-order valence-electron chi connectivity index (χ0n) is 16.5. The largest absolute Gasteiger partial charge is 0.272 e. The van der Waals surface area contributed by atoms with Crippen LogP contribution < -0.4 is 4.31 Å². The molecule has 154 valence electrons. The van der Waals surface area contributed by atoms with Crippen LogP contribution in [0.1, 0.15) is 28.4 Å². The number of rotatable bonds is 6. The fraction of sp³-hybridized carbons (Fsp3) is 0.136. The maximum atomic E-state index is 13.4. The van der Waals surface area contributed by atoms with Gasteiger partial charge in [-0.1, -0.05) is 42.8 Å². The molecule has 0 aliphatic rings. The van der Waals surface area contributed by atoms with E-state index in [4.69, 9.17) is 0 Å². The van der Waals surface area contributed by atoms with Gasteiger partial charge in [-0.05, 0) is 49.2 Å². The predicted molar refractivity (Wildman–Crippen MR) is 114 cm³/mol. The molecule has 0 spiro atoms. The number of amides is 1. The van der Waals surface area contributed by atoms with Gasteiger partial charge in [0.2, 0.25) is 0 Å². The number of carbonyl (C=O) groups excluding carboxylic acids is 1. The summed E-state index contributed by atoms with van der Waals surface area (Å²) in [6.07, 6.45) is 0.754. The molecule has 8 heteroatoms. The van der Waals surface area contributed by atoms with Crippen molar-refractivity contribution in [3.63, 3.8) is 0 Å². The van der Waals surface area contributed by atoms with Crippen molar-refractivity contribution in [2.45, 2.75) is 25.2 Å². The number of benzene rings is 3. The van der Waals surface area contributed by atoms with Crippen LogP contribution in [0.15, 0.2) is 77.7 Å². The highest BCUT2D eigenvalue weighted by Gasteiger charge is 2.32. The van der Waals surface area contributed by atoms with Gasteiger partial charge in [0.05, 0.1) is 15.5 Å². The number of nitrogens with zero attached hydrogens (tertiary/aromatic N) is 2. The van der Waals surface area contributed by atoms with Crippen molar-refractivity contribution in [3.05, 3.63) is 99.6 Å². The monoisotopic (exact) mass is 424 g/mol. The van der Waals surface area contributed by atoms with E-state index in [9.17, 15) is 23.3 Å². The number of hydrogen-bond acceptors (Lipinski definition) is 5. The molecule has 0 fully saturated rings. The van der Waals surface area contributed by atoms with Crippen LogP contribution in [0.25, 0.3) is 0 Å². The predicted octanol–water partition coefficient (Wildman–Crippen LogP) is 4.50. The first kappa shape index (κ1) is 21.2. The highest BCUT2D eigenvalue weighted by atomic mass is 32.2. The minimum Gasteiger partial charge on any atom is -0.268 e. The van der Waals surface area contributed by atoms with Gasteiger partial charge in [0.1, 0.15) is 0 Å². The van der Waals surface area contributed by atoms with Crippen LogP contribution in [0.2, 0.25) is 0 Å². The van der Waals surface area contributed by atoms with E-state index in [-0.39, 0.29) is 21.8 Å². The van der Waals surface area contributed by atoms with Crippen LogP contribution in [-0.2, 0) is 16.4 Å². The lowest BCUT2D eigenvalue weighted by Gasteiger charge is -2.23. The summed E-state index contributed by atoms with van der Waals surface area (Å²) in [6.45, 7) is 3.79. The summed E-state index contributed by atoms with van der Waals surface area (Å²) in [5.41, 5.74) is 1.62. The molecule has 0 aliphatic heterocycles. The summed E-state index contributed by atoms with van der Waals surface area (Å²) in [7, 11) is -4.26. The lowest BCUT2D eigenvalue weighted by Crippen LogP contribution is -2.37. The highest BCUT2D eigenvalue weighted by molar-refractivity contribution is 7.93. The first-order valence-electron chi connectivity index (χ1n) is 9.23. The van der Waals surface area contributed by atoms with Gasteiger partial charge in [-0.25, -0.2) is 8.42 Å². The zero-order chi connectivity index (χ0) is 21.9. The van der Waals surface area contributed by atoms with E-state index in [0.717, 1.165) is 23.6 Å². The van der Waals surface area contributed by atoms with Crippen LogP contribution in [-0.4, -0.2) is 19.2 Å². The minimum absolute atomic E-state index is 0.0496. The Morgan fingerprint density at radius 1 is 1.00 bits per heavy atom. The Labute approximate surface area is 174 Å². The average Bonchev–Trinajstić information content (AvgIpc) is 2.74. The number of non-ortho nitro benzene ring substituents is 1. The Bertz CT molecular complexity index is 1190. The van der Waals surface area contributed by atoms with Crippen LogP contribution in [0, 0.1) is 17.0 Å². The van der Waals surface area contributed by atoms with Gasteiger partial charge in [-0.2, -0.15) is 4.31 Å². The van der Waals surface area contributed by atoms with Gasteiger partial charge in [0, 0.05) is 17.7 Å². The van der Waals surface area contributed by atoms with E-state index in [1.165, 1.54) is 30.3 Å². The Kier molecular flexibility index (Phi) is 5.98. The van der Waals surface area contributed by atoms with Crippen molar-refractivity contribution in [1.82, 2.24) is 0 Å². The molecule has 1 amide bonds. The summed E-state index contributed by atoms with van der Waals surface area (Å²) in [5.74, 6) is -0.872. The number of anilines is 1. The molecule has 0 bridgehead atoms. The third-order valence-electron chi connectivity index (χ3n) is 4.63. The topological polar surface area (TPSA) is 97.6 Å². The Balaban J connectivity index is 2.16. The van der Waals surface area contributed by atoms with Gasteiger partial charge in [0.25, 0.3) is 21.6 Å². The van der Waals surface area contributed by atoms with Gasteiger partial charge < -0.3 is 0 Å². The Hall–Kier alpha value is -3.52. The van der Waals surface area contributed by atoms with Gasteiger partial charge in [-0.15, -0.1) is 0 Å². The van der Waals surface area contributed by atoms with Crippen molar-refractivity contribution in [2.24, 2.45) is 0 Å². The number of sulfonamides is 1. The molecule has 0 saturated heterocycles. The molecule has 0 heterocycles. The molecule has 3 rings (SSSR count). The Morgan fingerprint density at radius 3 is 2.20 bits per heavy atom. The van der Waals surface area contributed by atoms with E-state index in [1.807, 2.05) is 13.8 Å². The van der Waals surface area contributed by atoms with E-state index >= 15 is 0 Å². The first-order chi connectivity index (χ1) is 14.2. The molecule has 0 aromatic heterocycles. The van der Waals surface area contributed by atoms with Crippen molar-refractivity contribution < 1.29 is 18.1 Å². The van der Waals surface area contributed by atoms with E-state index in [0.29, 0.717) is 4.31 Å². The smallest absolute Gasteiger partial charge is 0.268 e. The highest BCUT2D eigenvalue weighted by Crippen LogP contribution is 2.27. The molecule has 3 aromatic carbocycles. The number of aryl methyl sites for hydroxylation is 2. The van der Waals surface area contributed by atoms with Gasteiger partial charge in [-0.3, -0.25) is 14.9 Å². The second kappa shape index (κ2) is 8.46. The lowest BCUT2D eigenvalue weighted by atomic mass is 10.1. The van der Waals surface area contributed by atoms with Gasteiger partial charge in [0.15, 0.2) is 0 Å². The molecule has 0 aliphatic carbocycles. The summed E-state index contributed by atoms with van der Waals surface area (Å²) < 4.78 is 27.5.